The van der Waals surface area contributed by atoms with Gasteiger partial charge in [0.1, 0.15) is 11.3 Å². The van der Waals surface area contributed by atoms with Crippen molar-refractivity contribution in [3.05, 3.63) is 63.7 Å². The Balaban J connectivity index is 1.94. The largest absolute Gasteiger partial charge is 0.438 e. The van der Waals surface area contributed by atoms with Crippen LogP contribution in [0.25, 0.3) is 16.6 Å². The van der Waals surface area contributed by atoms with Crippen LogP contribution in [0.4, 0.5) is 9.18 Å². The highest BCUT2D eigenvalue weighted by Crippen LogP contribution is 2.43. The number of alkyl carbamates (subject to hydrolysis) is 1. The number of amides is 1. The second-order valence-electron chi connectivity index (χ2n) is 8.61. The number of fused-ring (bicyclic) bond motifs is 1. The van der Waals surface area contributed by atoms with E-state index in [9.17, 15) is 14.0 Å². The fourth-order valence-corrected chi connectivity index (χ4v) is 3.60. The lowest BCUT2D eigenvalue weighted by atomic mass is 10.1. The molecule has 1 amide bonds. The third kappa shape index (κ3) is 4.39. The Hall–Kier alpha value is -3.00. The van der Waals surface area contributed by atoms with Crippen LogP contribution in [0.3, 0.4) is 0 Å². The van der Waals surface area contributed by atoms with Gasteiger partial charge in [-0.15, -0.1) is 0 Å². The molecule has 0 radical (unpaired) electrons. The topological polar surface area (TPSA) is 86.1 Å². The molecule has 3 aromatic rings. The van der Waals surface area contributed by atoms with Crippen molar-refractivity contribution < 1.29 is 13.9 Å². The lowest BCUT2D eigenvalue weighted by molar-refractivity contribution is 0.0729. The summed E-state index contributed by atoms with van der Waals surface area (Å²) in [5.74, 6) is -0.566. The van der Waals surface area contributed by atoms with Gasteiger partial charge in [-0.25, -0.2) is 14.2 Å². The molecule has 0 aliphatic heterocycles. The number of aromatic nitrogens is 3. The molecule has 2 heterocycles. The summed E-state index contributed by atoms with van der Waals surface area (Å²) in [6.07, 6.45) is 3.19. The van der Waals surface area contributed by atoms with Gasteiger partial charge in [0, 0.05) is 17.7 Å². The molecule has 0 saturated heterocycles. The fourth-order valence-electron chi connectivity index (χ4n) is 3.37. The lowest BCUT2D eigenvalue weighted by Crippen LogP contribution is -2.42. The third-order valence-corrected chi connectivity index (χ3v) is 5.19. The predicted molar refractivity (Wildman–Crippen MR) is 115 cm³/mol. The Labute approximate surface area is 183 Å². The molecule has 4 rings (SSSR count). The molecule has 1 atom stereocenters. The van der Waals surface area contributed by atoms with Crippen molar-refractivity contribution in [2.75, 3.05) is 0 Å². The zero-order valence-electron chi connectivity index (χ0n) is 17.4. The van der Waals surface area contributed by atoms with E-state index in [-0.39, 0.29) is 27.7 Å². The fraction of sp³-hybridized carbons (Fsp3) is 0.364. The molecule has 1 saturated carbocycles. The molecule has 162 valence electrons. The second kappa shape index (κ2) is 7.92. The van der Waals surface area contributed by atoms with Crippen LogP contribution in [0.2, 0.25) is 5.02 Å². The Kier molecular flexibility index (Phi) is 5.43. The SMILES string of the molecule is CC(C)(C)NC(=O)O[C@H](c1nc2c(F)ccc(Cl)c2c(=O)n1-c1cccnc1)C1CC1. The first-order valence-electron chi connectivity index (χ1n) is 9.95. The van der Waals surface area contributed by atoms with E-state index in [0.29, 0.717) is 5.69 Å². The Morgan fingerprint density at radius 1 is 1.32 bits per heavy atom. The molecule has 2 aromatic heterocycles. The molecule has 0 spiro atoms. The molecular formula is C22H22ClFN4O3. The van der Waals surface area contributed by atoms with Crippen LogP contribution in [0.5, 0.6) is 0 Å². The van der Waals surface area contributed by atoms with Gasteiger partial charge in [0.25, 0.3) is 5.56 Å². The zero-order chi connectivity index (χ0) is 22.3. The molecule has 1 aromatic carbocycles. The first-order valence-corrected chi connectivity index (χ1v) is 10.3. The van der Waals surface area contributed by atoms with Crippen molar-refractivity contribution in [1.82, 2.24) is 19.9 Å². The Morgan fingerprint density at radius 2 is 2.06 bits per heavy atom. The standard InChI is InChI=1S/C22H22ClFN4O3/c1-22(2,3)27-21(30)31-18(12-6-7-12)19-26-17-15(24)9-8-14(23)16(17)20(29)28(19)13-5-4-10-25-11-13/h4-5,8-12,18H,6-7H2,1-3H3,(H,27,30)/t18-/m0/s1. The van der Waals surface area contributed by atoms with Crippen LogP contribution in [-0.4, -0.2) is 26.2 Å². The maximum Gasteiger partial charge on any atom is 0.408 e. The van der Waals surface area contributed by atoms with Crippen LogP contribution in [-0.2, 0) is 4.74 Å². The van der Waals surface area contributed by atoms with Gasteiger partial charge in [0.2, 0.25) is 0 Å². The third-order valence-electron chi connectivity index (χ3n) is 4.87. The summed E-state index contributed by atoms with van der Waals surface area (Å²) in [7, 11) is 0. The normalized spacial score (nSPS) is 15.0. The van der Waals surface area contributed by atoms with Crippen LogP contribution in [0, 0.1) is 11.7 Å². The number of pyridine rings is 1. The number of hydrogen-bond donors (Lipinski definition) is 1. The number of carbonyl (C=O) groups is 1. The number of nitrogens with one attached hydrogen (secondary N) is 1. The highest BCUT2D eigenvalue weighted by molar-refractivity contribution is 6.35. The molecule has 1 N–H and O–H groups in total. The lowest BCUT2D eigenvalue weighted by Gasteiger charge is -2.25. The van der Waals surface area contributed by atoms with Crippen LogP contribution in [0.1, 0.15) is 45.5 Å². The molecular weight excluding hydrogens is 423 g/mol. The molecule has 31 heavy (non-hydrogen) atoms. The van der Waals surface area contributed by atoms with Crippen molar-refractivity contribution in [3.8, 4) is 5.69 Å². The summed E-state index contributed by atoms with van der Waals surface area (Å²) >= 11 is 6.23. The van der Waals surface area contributed by atoms with Crippen LogP contribution in [0.15, 0.2) is 41.5 Å². The van der Waals surface area contributed by atoms with Crippen molar-refractivity contribution in [2.45, 2.75) is 45.3 Å². The summed E-state index contributed by atoms with van der Waals surface area (Å²) in [5, 5.41) is 2.80. The number of rotatable bonds is 4. The van der Waals surface area contributed by atoms with Crippen molar-refractivity contribution >= 4 is 28.6 Å². The highest BCUT2D eigenvalue weighted by atomic mass is 35.5. The van der Waals surface area contributed by atoms with Crippen molar-refractivity contribution in [2.24, 2.45) is 5.92 Å². The summed E-state index contributed by atoms with van der Waals surface area (Å²) in [4.78, 5) is 34.5. The minimum atomic E-state index is -0.835. The summed E-state index contributed by atoms with van der Waals surface area (Å²) in [5.41, 5.74) is -0.797. The van der Waals surface area contributed by atoms with E-state index < -0.39 is 29.1 Å². The number of nitrogens with zero attached hydrogens (tertiary/aromatic N) is 3. The van der Waals surface area contributed by atoms with Gasteiger partial charge in [-0.3, -0.25) is 14.3 Å². The van der Waals surface area contributed by atoms with E-state index in [1.165, 1.54) is 16.8 Å². The number of carbonyl (C=O) groups excluding carboxylic acids is 1. The molecule has 1 aliphatic carbocycles. The minimum absolute atomic E-state index is 0.0276. The van der Waals surface area contributed by atoms with Crippen LogP contribution < -0.4 is 10.9 Å². The summed E-state index contributed by atoms with van der Waals surface area (Å²) in [6, 6.07) is 5.83. The molecule has 0 unspecified atom stereocenters. The predicted octanol–water partition coefficient (Wildman–Crippen LogP) is 4.55. The first-order chi connectivity index (χ1) is 14.7. The smallest absolute Gasteiger partial charge is 0.408 e. The monoisotopic (exact) mass is 444 g/mol. The van der Waals surface area contributed by atoms with Crippen LogP contribution >= 0.6 is 11.6 Å². The highest BCUT2D eigenvalue weighted by Gasteiger charge is 2.39. The maximum absolute atomic E-state index is 14.6. The van der Waals surface area contributed by atoms with E-state index in [2.05, 4.69) is 15.3 Å². The van der Waals surface area contributed by atoms with Gasteiger partial charge < -0.3 is 10.1 Å². The number of hydrogen-bond acceptors (Lipinski definition) is 5. The quantitative estimate of drug-likeness (QED) is 0.638. The first kappa shape index (κ1) is 21.2. The Bertz CT molecular complexity index is 1200. The minimum Gasteiger partial charge on any atom is -0.438 e. The molecule has 1 fully saturated rings. The molecule has 0 bridgehead atoms. The second-order valence-corrected chi connectivity index (χ2v) is 9.02. The summed E-state index contributed by atoms with van der Waals surface area (Å²) in [6.45, 7) is 5.49. The zero-order valence-corrected chi connectivity index (χ0v) is 18.1. The van der Waals surface area contributed by atoms with Gasteiger partial charge in [0.15, 0.2) is 11.9 Å². The average molecular weight is 445 g/mol. The number of ether oxygens (including phenoxy) is 1. The van der Waals surface area contributed by atoms with E-state index in [1.54, 1.807) is 18.3 Å². The van der Waals surface area contributed by atoms with E-state index in [0.717, 1.165) is 18.9 Å². The van der Waals surface area contributed by atoms with Gasteiger partial charge in [0.05, 0.1) is 22.3 Å². The number of benzene rings is 1. The van der Waals surface area contributed by atoms with Gasteiger partial charge in [-0.05, 0) is 57.9 Å². The van der Waals surface area contributed by atoms with Gasteiger partial charge in [-0.2, -0.15) is 0 Å². The average Bonchev–Trinajstić information content (AvgIpc) is 3.53. The summed E-state index contributed by atoms with van der Waals surface area (Å²) < 4.78 is 21.6. The Morgan fingerprint density at radius 3 is 2.68 bits per heavy atom. The maximum atomic E-state index is 14.6. The number of halogens is 2. The van der Waals surface area contributed by atoms with Gasteiger partial charge >= 0.3 is 6.09 Å². The van der Waals surface area contributed by atoms with Crippen molar-refractivity contribution in [3.63, 3.8) is 0 Å². The molecule has 7 nitrogen and oxygen atoms in total. The van der Waals surface area contributed by atoms with E-state index in [1.807, 2.05) is 20.8 Å². The van der Waals surface area contributed by atoms with Crippen molar-refractivity contribution in [1.29, 1.82) is 0 Å². The van der Waals surface area contributed by atoms with Gasteiger partial charge in [-0.1, -0.05) is 11.6 Å². The molecule has 9 heteroatoms. The van der Waals surface area contributed by atoms with E-state index in [4.69, 9.17) is 16.3 Å². The van der Waals surface area contributed by atoms with E-state index >= 15 is 0 Å². The molecule has 1 aliphatic rings.